The first-order chi connectivity index (χ1) is 12.0. The minimum atomic E-state index is 0.561. The molecule has 130 valence electrons. The molecule has 0 amide bonds. The summed E-state index contributed by atoms with van der Waals surface area (Å²) in [7, 11) is 2.06. The molecule has 25 heavy (non-hydrogen) atoms. The molecule has 3 aromatic rings. The van der Waals surface area contributed by atoms with E-state index >= 15 is 0 Å². The fourth-order valence-corrected chi connectivity index (χ4v) is 3.28. The third-order valence-corrected chi connectivity index (χ3v) is 4.86. The number of aromatic nitrogens is 3. The van der Waals surface area contributed by atoms with Crippen LogP contribution in [0.1, 0.15) is 22.4 Å². The van der Waals surface area contributed by atoms with Gasteiger partial charge in [0.1, 0.15) is 5.15 Å². The number of hydrogen-bond acceptors (Lipinski definition) is 3. The van der Waals surface area contributed by atoms with Gasteiger partial charge in [-0.05, 0) is 37.2 Å². The molecule has 2 aromatic heterocycles. The molecular formula is C19H20Cl2N4. The van der Waals surface area contributed by atoms with E-state index in [0.29, 0.717) is 11.7 Å². The molecule has 0 fully saturated rings. The maximum atomic E-state index is 6.60. The molecule has 2 heterocycles. The molecule has 0 saturated carbocycles. The van der Waals surface area contributed by atoms with E-state index < -0.39 is 0 Å². The number of benzene rings is 1. The molecule has 3 rings (SSSR count). The SMILES string of the molecule is Cc1nn(Cc2ccccc2Cl)c(Cl)c1CN(C)Cc1cccnc1. The Morgan fingerprint density at radius 1 is 1.08 bits per heavy atom. The summed E-state index contributed by atoms with van der Waals surface area (Å²) in [5.41, 5.74) is 4.15. The lowest BCUT2D eigenvalue weighted by Crippen LogP contribution is -2.17. The first-order valence-electron chi connectivity index (χ1n) is 8.07. The molecule has 4 nitrogen and oxygen atoms in total. The Kier molecular flexibility index (Phi) is 5.74. The van der Waals surface area contributed by atoms with Gasteiger partial charge >= 0.3 is 0 Å². The van der Waals surface area contributed by atoms with Crippen LogP contribution in [0.5, 0.6) is 0 Å². The van der Waals surface area contributed by atoms with Gasteiger partial charge in [-0.25, -0.2) is 4.68 Å². The van der Waals surface area contributed by atoms with E-state index in [1.165, 1.54) is 5.56 Å². The Labute approximate surface area is 158 Å². The molecule has 0 N–H and O–H groups in total. The topological polar surface area (TPSA) is 34.0 Å². The molecule has 0 radical (unpaired) electrons. The van der Waals surface area contributed by atoms with Crippen LogP contribution in [-0.4, -0.2) is 26.7 Å². The summed E-state index contributed by atoms with van der Waals surface area (Å²) < 4.78 is 1.81. The van der Waals surface area contributed by atoms with Crippen molar-refractivity contribution in [2.45, 2.75) is 26.6 Å². The molecule has 0 atom stereocenters. The van der Waals surface area contributed by atoms with Gasteiger partial charge in [0.15, 0.2) is 0 Å². The summed E-state index contributed by atoms with van der Waals surface area (Å²) in [6.45, 7) is 4.08. The summed E-state index contributed by atoms with van der Waals surface area (Å²) in [5.74, 6) is 0. The lowest BCUT2D eigenvalue weighted by atomic mass is 10.2. The van der Waals surface area contributed by atoms with E-state index in [1.54, 1.807) is 6.20 Å². The second-order valence-corrected chi connectivity index (χ2v) is 6.90. The van der Waals surface area contributed by atoms with Gasteiger partial charge in [0.25, 0.3) is 0 Å². The van der Waals surface area contributed by atoms with E-state index in [-0.39, 0.29) is 0 Å². The maximum absolute atomic E-state index is 6.60. The van der Waals surface area contributed by atoms with Gasteiger partial charge < -0.3 is 0 Å². The van der Waals surface area contributed by atoms with Gasteiger partial charge in [-0.2, -0.15) is 5.10 Å². The fraction of sp³-hybridized carbons (Fsp3) is 0.263. The van der Waals surface area contributed by atoms with Gasteiger partial charge in [0.05, 0.1) is 12.2 Å². The van der Waals surface area contributed by atoms with Crippen molar-refractivity contribution in [2.75, 3.05) is 7.05 Å². The van der Waals surface area contributed by atoms with Gasteiger partial charge in [0.2, 0.25) is 0 Å². The zero-order valence-corrected chi connectivity index (χ0v) is 15.8. The first-order valence-corrected chi connectivity index (χ1v) is 8.83. The molecule has 0 aliphatic heterocycles. The smallest absolute Gasteiger partial charge is 0.132 e. The summed E-state index contributed by atoms with van der Waals surface area (Å²) in [6.07, 6.45) is 3.66. The van der Waals surface area contributed by atoms with Gasteiger partial charge in [-0.3, -0.25) is 9.88 Å². The van der Waals surface area contributed by atoms with Crippen LogP contribution in [-0.2, 0) is 19.6 Å². The van der Waals surface area contributed by atoms with Crippen LogP contribution >= 0.6 is 23.2 Å². The Morgan fingerprint density at radius 2 is 1.88 bits per heavy atom. The standard InChI is InChI=1S/C19H20Cl2N4/c1-14-17(13-24(2)11-15-6-5-9-22-10-15)19(21)25(23-14)12-16-7-3-4-8-18(16)20/h3-10H,11-13H2,1-2H3. The highest BCUT2D eigenvalue weighted by atomic mass is 35.5. The highest BCUT2D eigenvalue weighted by Gasteiger charge is 2.16. The van der Waals surface area contributed by atoms with Crippen molar-refractivity contribution in [3.8, 4) is 0 Å². The molecule has 0 unspecified atom stereocenters. The average Bonchev–Trinajstić information content (AvgIpc) is 2.85. The second-order valence-electron chi connectivity index (χ2n) is 6.14. The van der Waals surface area contributed by atoms with Crippen molar-refractivity contribution >= 4 is 23.2 Å². The zero-order chi connectivity index (χ0) is 17.8. The fourth-order valence-electron chi connectivity index (χ4n) is 2.79. The summed E-state index contributed by atoms with van der Waals surface area (Å²) in [6, 6.07) is 11.8. The number of aryl methyl sites for hydroxylation is 1. The Morgan fingerprint density at radius 3 is 2.60 bits per heavy atom. The molecule has 0 saturated heterocycles. The molecule has 0 bridgehead atoms. The van der Waals surface area contributed by atoms with Crippen molar-refractivity contribution in [1.82, 2.24) is 19.7 Å². The predicted octanol–water partition coefficient (Wildman–Crippen LogP) is 4.57. The van der Waals surface area contributed by atoms with E-state index in [9.17, 15) is 0 Å². The van der Waals surface area contributed by atoms with Gasteiger partial charge in [-0.15, -0.1) is 0 Å². The van der Waals surface area contributed by atoms with E-state index in [0.717, 1.165) is 34.9 Å². The number of halogens is 2. The monoisotopic (exact) mass is 374 g/mol. The van der Waals surface area contributed by atoms with E-state index in [2.05, 4.69) is 28.1 Å². The molecule has 6 heteroatoms. The normalized spacial score (nSPS) is 11.2. The van der Waals surface area contributed by atoms with Gasteiger partial charge in [-0.1, -0.05) is 47.5 Å². The summed E-state index contributed by atoms with van der Waals surface area (Å²) in [4.78, 5) is 6.36. The molecule has 0 spiro atoms. The third kappa shape index (κ3) is 4.40. The third-order valence-electron chi connectivity index (χ3n) is 4.06. The maximum Gasteiger partial charge on any atom is 0.132 e. The van der Waals surface area contributed by atoms with Crippen LogP contribution in [0.2, 0.25) is 10.2 Å². The summed E-state index contributed by atoms with van der Waals surface area (Å²) >= 11 is 12.8. The highest BCUT2D eigenvalue weighted by Crippen LogP contribution is 2.24. The van der Waals surface area contributed by atoms with Crippen LogP contribution in [0.3, 0.4) is 0 Å². The minimum Gasteiger partial charge on any atom is -0.298 e. The van der Waals surface area contributed by atoms with Crippen LogP contribution < -0.4 is 0 Å². The number of hydrogen-bond donors (Lipinski definition) is 0. The number of nitrogens with zero attached hydrogens (tertiary/aromatic N) is 4. The number of rotatable bonds is 6. The van der Waals surface area contributed by atoms with Crippen LogP contribution in [0.15, 0.2) is 48.8 Å². The lowest BCUT2D eigenvalue weighted by molar-refractivity contribution is 0.318. The molecular weight excluding hydrogens is 355 g/mol. The van der Waals surface area contributed by atoms with E-state index in [1.807, 2.05) is 48.1 Å². The zero-order valence-electron chi connectivity index (χ0n) is 14.3. The van der Waals surface area contributed by atoms with Crippen LogP contribution in [0, 0.1) is 6.92 Å². The van der Waals surface area contributed by atoms with Crippen molar-refractivity contribution < 1.29 is 0 Å². The Balaban J connectivity index is 1.74. The average molecular weight is 375 g/mol. The second kappa shape index (κ2) is 8.00. The van der Waals surface area contributed by atoms with Crippen LogP contribution in [0.25, 0.3) is 0 Å². The van der Waals surface area contributed by atoms with Crippen molar-refractivity contribution in [3.63, 3.8) is 0 Å². The quantitative estimate of drug-likeness (QED) is 0.633. The molecule has 0 aliphatic carbocycles. The lowest BCUT2D eigenvalue weighted by Gasteiger charge is -2.16. The Hall–Kier alpha value is -1.88. The minimum absolute atomic E-state index is 0.561. The Bertz CT molecular complexity index is 846. The molecule has 1 aromatic carbocycles. The van der Waals surface area contributed by atoms with Gasteiger partial charge in [0, 0.05) is 36.1 Å². The highest BCUT2D eigenvalue weighted by molar-refractivity contribution is 6.31. The summed E-state index contributed by atoms with van der Waals surface area (Å²) in [5, 5.41) is 5.98. The number of pyridine rings is 1. The van der Waals surface area contributed by atoms with E-state index in [4.69, 9.17) is 23.2 Å². The molecule has 0 aliphatic rings. The van der Waals surface area contributed by atoms with Crippen molar-refractivity contribution in [2.24, 2.45) is 0 Å². The van der Waals surface area contributed by atoms with Crippen LogP contribution in [0.4, 0.5) is 0 Å². The first kappa shape index (κ1) is 17.9. The largest absolute Gasteiger partial charge is 0.298 e. The van der Waals surface area contributed by atoms with Crippen molar-refractivity contribution in [1.29, 1.82) is 0 Å². The van der Waals surface area contributed by atoms with Crippen molar-refractivity contribution in [3.05, 3.63) is 81.4 Å². The predicted molar refractivity (Wildman–Crippen MR) is 102 cm³/mol.